The Morgan fingerprint density at radius 1 is 0.627 bits per heavy atom. The maximum absolute atomic E-state index is 14.1. The number of ketones is 4. The minimum absolute atomic E-state index is 0.166. The Balaban J connectivity index is 1.71. The van der Waals surface area contributed by atoms with Crippen LogP contribution in [0.25, 0.3) is 10.9 Å². The monoisotopic (exact) mass is 823 g/mol. The first-order chi connectivity index (χ1) is 27.9. The van der Waals surface area contributed by atoms with Gasteiger partial charge in [0.25, 0.3) is 0 Å². The average molecular weight is 824 g/mol. The second-order valence-electron chi connectivity index (χ2n) is 14.9. The lowest BCUT2D eigenvalue weighted by atomic mass is 9.86. The molecule has 14 nitrogen and oxygen atoms in total. The Morgan fingerprint density at radius 2 is 1.20 bits per heavy atom. The highest BCUT2D eigenvalue weighted by Crippen LogP contribution is 2.24. The van der Waals surface area contributed by atoms with Gasteiger partial charge in [-0.25, -0.2) is 13.8 Å². The molecule has 0 aliphatic heterocycles. The number of nitrogens with one attached hydrogen (secondary N) is 2. The summed E-state index contributed by atoms with van der Waals surface area (Å²) in [4.78, 5) is 110. The number of carbonyl (C=O) groups is 8. The maximum Gasteiger partial charge on any atom is 0.308 e. The summed E-state index contributed by atoms with van der Waals surface area (Å²) in [6, 6.07) is 10.9. The minimum atomic E-state index is -1.43. The molecule has 0 aliphatic carbocycles. The van der Waals surface area contributed by atoms with Gasteiger partial charge >= 0.3 is 11.9 Å². The van der Waals surface area contributed by atoms with E-state index in [1.807, 2.05) is 12.1 Å². The molecular weight excluding hydrogens is 772 g/mol. The van der Waals surface area contributed by atoms with Gasteiger partial charge in [-0.05, 0) is 43.0 Å². The molecule has 1 heterocycles. The second-order valence-corrected chi connectivity index (χ2v) is 14.9. The number of benzene rings is 2. The van der Waals surface area contributed by atoms with Gasteiger partial charge in [-0.3, -0.25) is 38.4 Å². The molecule has 2 N–H and O–H groups in total. The fraction of sp³-hybridized carbons (Fsp3) is 0.465. The Bertz CT molecular complexity index is 2020. The summed E-state index contributed by atoms with van der Waals surface area (Å²) in [6.45, 7) is 7.25. The zero-order valence-electron chi connectivity index (χ0n) is 34.2. The summed E-state index contributed by atoms with van der Waals surface area (Å²) in [6.07, 6.45) is -2.40. The number of halogens is 2. The van der Waals surface area contributed by atoms with Gasteiger partial charge in [0.1, 0.15) is 12.3 Å². The number of para-hydroxylation sites is 2. The molecule has 2 aromatic carbocycles. The number of amides is 2. The van der Waals surface area contributed by atoms with E-state index in [0.29, 0.717) is 5.52 Å². The van der Waals surface area contributed by atoms with Crippen molar-refractivity contribution in [3.8, 4) is 5.75 Å². The van der Waals surface area contributed by atoms with Crippen molar-refractivity contribution in [2.75, 3.05) is 20.8 Å². The smallest absolute Gasteiger partial charge is 0.308 e. The first kappa shape index (κ1) is 47.4. The molecule has 0 saturated heterocycles. The van der Waals surface area contributed by atoms with Crippen LogP contribution in [-0.4, -0.2) is 84.8 Å². The molecule has 0 aliphatic rings. The molecule has 0 radical (unpaired) electrons. The van der Waals surface area contributed by atoms with Gasteiger partial charge in [0.05, 0.1) is 44.7 Å². The standard InChI is InChI=1S/C43H51F2N3O11/c1-23(2)28(42(55)46-25(5)35(49)17-27(18-39(53)57-6)38(52)22-59-41-30(44)12-10-13-31(41)45)20-37(51)34(21-40(54)58-7)48-43(56)29(24(3)4)19-36(50)33-16-15-26-11-8-9-14-32(26)47-33/h8-16,23-25,27-29,34H,17-22H2,1-7H3,(H,46,55)(H,48,56)/t25-,27-,28-,29-,34-/m0/s1. The van der Waals surface area contributed by atoms with Gasteiger partial charge in [0.15, 0.2) is 40.5 Å². The molecule has 0 unspecified atom stereocenters. The Morgan fingerprint density at radius 3 is 1.81 bits per heavy atom. The molecule has 318 valence electrons. The van der Waals surface area contributed by atoms with Gasteiger partial charge in [-0.1, -0.05) is 58.0 Å². The van der Waals surface area contributed by atoms with Crippen molar-refractivity contribution < 1.29 is 61.3 Å². The summed E-state index contributed by atoms with van der Waals surface area (Å²) in [5, 5.41) is 5.98. The van der Waals surface area contributed by atoms with E-state index < -0.39 is 132 Å². The number of hydrogen-bond acceptors (Lipinski definition) is 12. The number of esters is 2. The third kappa shape index (κ3) is 13.9. The van der Waals surface area contributed by atoms with Crippen LogP contribution in [0.4, 0.5) is 8.78 Å². The lowest BCUT2D eigenvalue weighted by Gasteiger charge is -2.26. The average Bonchev–Trinajstić information content (AvgIpc) is 3.19. The van der Waals surface area contributed by atoms with E-state index in [1.165, 1.54) is 6.92 Å². The minimum Gasteiger partial charge on any atom is -0.480 e. The topological polar surface area (TPSA) is 201 Å². The fourth-order valence-electron chi connectivity index (χ4n) is 6.21. The van der Waals surface area contributed by atoms with Crippen molar-refractivity contribution in [2.24, 2.45) is 29.6 Å². The van der Waals surface area contributed by atoms with E-state index in [0.717, 1.165) is 37.8 Å². The number of pyridine rings is 1. The van der Waals surface area contributed by atoms with Crippen LogP contribution < -0.4 is 15.4 Å². The van der Waals surface area contributed by atoms with Crippen LogP contribution in [0.5, 0.6) is 5.75 Å². The number of Topliss-reactive ketones (excluding diaryl/α,β-unsaturated/α-hetero) is 4. The van der Waals surface area contributed by atoms with Crippen LogP contribution in [0.2, 0.25) is 0 Å². The summed E-state index contributed by atoms with van der Waals surface area (Å²) >= 11 is 0. The lowest BCUT2D eigenvalue weighted by Crippen LogP contribution is -2.49. The Hall–Kier alpha value is -5.93. The highest BCUT2D eigenvalue weighted by molar-refractivity contribution is 6.00. The Labute approximate surface area is 341 Å². The van der Waals surface area contributed by atoms with Gasteiger partial charge in [0.2, 0.25) is 11.8 Å². The highest BCUT2D eigenvalue weighted by atomic mass is 19.1. The van der Waals surface area contributed by atoms with Crippen LogP contribution in [0.1, 0.15) is 77.2 Å². The zero-order chi connectivity index (χ0) is 44.0. The normalized spacial score (nSPS) is 13.7. The molecule has 0 saturated carbocycles. The Kier molecular flexibility index (Phi) is 17.9. The molecule has 0 spiro atoms. The quantitative estimate of drug-likeness (QED) is 0.0967. The van der Waals surface area contributed by atoms with Crippen LogP contribution in [0.15, 0.2) is 54.6 Å². The summed E-state index contributed by atoms with van der Waals surface area (Å²) in [5.74, 6) is -12.7. The zero-order valence-corrected chi connectivity index (χ0v) is 34.2. The number of ether oxygens (including phenoxy) is 3. The molecule has 0 fully saturated rings. The van der Waals surface area contributed by atoms with Crippen molar-refractivity contribution >= 4 is 57.8 Å². The van der Waals surface area contributed by atoms with Crippen molar-refractivity contribution in [2.45, 2.75) is 78.8 Å². The highest BCUT2D eigenvalue weighted by Gasteiger charge is 2.35. The second kappa shape index (κ2) is 22.3. The van der Waals surface area contributed by atoms with Crippen LogP contribution in [0, 0.1) is 41.2 Å². The van der Waals surface area contributed by atoms with E-state index in [-0.39, 0.29) is 18.0 Å². The number of nitrogens with zero attached hydrogens (tertiary/aromatic N) is 1. The number of fused-ring (bicyclic) bond motifs is 1. The van der Waals surface area contributed by atoms with E-state index >= 15 is 0 Å². The van der Waals surface area contributed by atoms with Crippen molar-refractivity contribution in [1.29, 1.82) is 0 Å². The van der Waals surface area contributed by atoms with Gasteiger partial charge in [-0.15, -0.1) is 0 Å². The molecule has 5 atom stereocenters. The molecule has 3 aromatic rings. The molecule has 0 bridgehead atoms. The third-order valence-electron chi connectivity index (χ3n) is 9.96. The predicted octanol–water partition coefficient (Wildman–Crippen LogP) is 4.93. The summed E-state index contributed by atoms with van der Waals surface area (Å²) in [7, 11) is 2.18. The molecule has 16 heteroatoms. The number of aromatic nitrogens is 1. The first-order valence-electron chi connectivity index (χ1n) is 19.1. The van der Waals surface area contributed by atoms with Gasteiger partial charge in [0, 0.05) is 42.4 Å². The number of hydrogen-bond donors (Lipinski definition) is 2. The van der Waals surface area contributed by atoms with Crippen LogP contribution in [-0.2, 0) is 43.0 Å². The molecule has 1 aromatic heterocycles. The largest absolute Gasteiger partial charge is 0.480 e. The summed E-state index contributed by atoms with van der Waals surface area (Å²) in [5.41, 5.74) is 0.772. The predicted molar refractivity (Wildman–Crippen MR) is 210 cm³/mol. The fourth-order valence-corrected chi connectivity index (χ4v) is 6.21. The number of carbonyl (C=O) groups excluding carboxylic acids is 8. The van der Waals surface area contributed by atoms with Crippen LogP contribution >= 0.6 is 0 Å². The van der Waals surface area contributed by atoms with E-state index in [4.69, 9.17) is 9.47 Å². The number of rotatable bonds is 23. The maximum atomic E-state index is 14.1. The van der Waals surface area contributed by atoms with E-state index in [1.54, 1.807) is 52.0 Å². The van der Waals surface area contributed by atoms with Crippen LogP contribution in [0.3, 0.4) is 0 Å². The number of methoxy groups -OCH3 is 2. The third-order valence-corrected chi connectivity index (χ3v) is 9.96. The van der Waals surface area contributed by atoms with E-state index in [9.17, 15) is 47.1 Å². The molecule has 59 heavy (non-hydrogen) atoms. The van der Waals surface area contributed by atoms with Gasteiger partial charge < -0.3 is 24.8 Å². The first-order valence-corrected chi connectivity index (χ1v) is 19.1. The van der Waals surface area contributed by atoms with Crippen molar-refractivity contribution in [1.82, 2.24) is 15.6 Å². The lowest BCUT2D eigenvalue weighted by molar-refractivity contribution is -0.145. The van der Waals surface area contributed by atoms with E-state index in [2.05, 4.69) is 20.4 Å². The van der Waals surface area contributed by atoms with Crippen molar-refractivity contribution in [3.05, 3.63) is 71.9 Å². The molecular formula is C43H51F2N3O11. The molecule has 3 rings (SSSR count). The van der Waals surface area contributed by atoms with Gasteiger partial charge in [-0.2, -0.15) is 0 Å². The SMILES string of the molecule is COC(=O)C[C@H](CC(=O)[C@H](C)NC(=O)[C@@H](CC(=O)[C@H](CC(=O)OC)NC(=O)[C@@H](CC(=O)c1ccc2ccccc2n1)C(C)C)C(C)C)C(=O)COc1c(F)cccc1F. The molecule has 2 amide bonds. The van der Waals surface area contributed by atoms with Crippen molar-refractivity contribution in [3.63, 3.8) is 0 Å². The summed E-state index contributed by atoms with van der Waals surface area (Å²) < 4.78 is 42.6.